The van der Waals surface area contributed by atoms with Gasteiger partial charge in [0.25, 0.3) is 5.91 Å². The summed E-state index contributed by atoms with van der Waals surface area (Å²) in [7, 11) is -3.69. The molecule has 0 saturated carbocycles. The summed E-state index contributed by atoms with van der Waals surface area (Å²) in [4.78, 5) is 12.3. The summed E-state index contributed by atoms with van der Waals surface area (Å²) in [6, 6.07) is 16.6. The van der Waals surface area contributed by atoms with Crippen molar-refractivity contribution in [2.24, 2.45) is 0 Å². The third-order valence-corrected chi connectivity index (χ3v) is 5.68. The minimum atomic E-state index is -3.69. The minimum Gasteiger partial charge on any atom is -0.468 e. The van der Waals surface area contributed by atoms with Crippen molar-refractivity contribution in [2.45, 2.75) is 17.9 Å². The van der Waals surface area contributed by atoms with Crippen molar-refractivity contribution in [3.8, 4) is 0 Å². The summed E-state index contributed by atoms with van der Waals surface area (Å²) in [5.41, 5.74) is 1.41. The third kappa shape index (κ3) is 5.45. The molecule has 0 aliphatic heterocycles. The molecule has 1 amide bonds. The van der Waals surface area contributed by atoms with E-state index in [0.717, 1.165) is 5.56 Å². The van der Waals surface area contributed by atoms with Crippen LogP contribution in [-0.2, 0) is 23.0 Å². The Hall–Kier alpha value is -2.61. The number of amides is 1. The highest BCUT2D eigenvalue weighted by molar-refractivity contribution is 7.89. The van der Waals surface area contributed by atoms with Crippen LogP contribution in [0.25, 0.3) is 0 Å². The molecule has 0 bridgehead atoms. The number of hydrogen-bond acceptors (Lipinski definition) is 4. The van der Waals surface area contributed by atoms with Crippen molar-refractivity contribution >= 4 is 27.5 Å². The lowest BCUT2D eigenvalue weighted by Crippen LogP contribution is -2.26. The van der Waals surface area contributed by atoms with Gasteiger partial charge in [-0.1, -0.05) is 23.7 Å². The Balaban J connectivity index is 1.54. The van der Waals surface area contributed by atoms with Gasteiger partial charge >= 0.3 is 0 Å². The molecular formula is C20H19ClN2O4S. The van der Waals surface area contributed by atoms with Crippen molar-refractivity contribution < 1.29 is 17.6 Å². The van der Waals surface area contributed by atoms with Crippen LogP contribution < -0.4 is 10.0 Å². The van der Waals surface area contributed by atoms with Gasteiger partial charge in [0.05, 0.1) is 17.7 Å². The average Bonchev–Trinajstić information content (AvgIpc) is 3.20. The monoisotopic (exact) mass is 418 g/mol. The van der Waals surface area contributed by atoms with Crippen LogP contribution in [0.15, 0.2) is 76.2 Å². The van der Waals surface area contributed by atoms with Gasteiger partial charge < -0.3 is 9.73 Å². The molecule has 0 spiro atoms. The van der Waals surface area contributed by atoms with Crippen LogP contribution >= 0.6 is 11.6 Å². The molecule has 146 valence electrons. The van der Waals surface area contributed by atoms with Gasteiger partial charge in [-0.15, -0.1) is 0 Å². The molecule has 8 heteroatoms. The Bertz CT molecular complexity index is 1030. The molecule has 3 rings (SSSR count). The summed E-state index contributed by atoms with van der Waals surface area (Å²) < 4.78 is 32.2. The Labute approximate surface area is 168 Å². The number of hydrogen-bond donors (Lipinski definition) is 2. The SMILES string of the molecule is O=C(NCCc1cccc(Cl)c1)c1ccc(S(=O)(=O)NCc2ccco2)cc1. The maximum absolute atomic E-state index is 12.3. The maximum atomic E-state index is 12.3. The molecule has 1 aromatic heterocycles. The third-order valence-electron chi connectivity index (χ3n) is 4.03. The Morgan fingerprint density at radius 2 is 1.82 bits per heavy atom. The quantitative estimate of drug-likeness (QED) is 0.587. The molecule has 28 heavy (non-hydrogen) atoms. The zero-order valence-corrected chi connectivity index (χ0v) is 16.5. The summed E-state index contributed by atoms with van der Waals surface area (Å²) in [6.45, 7) is 0.505. The van der Waals surface area contributed by atoms with Gasteiger partial charge in [0, 0.05) is 17.1 Å². The van der Waals surface area contributed by atoms with E-state index in [9.17, 15) is 13.2 Å². The minimum absolute atomic E-state index is 0.0566. The van der Waals surface area contributed by atoms with Gasteiger partial charge in [0.1, 0.15) is 5.76 Å². The highest BCUT2D eigenvalue weighted by Gasteiger charge is 2.15. The lowest BCUT2D eigenvalue weighted by atomic mass is 10.1. The van der Waals surface area contributed by atoms with E-state index < -0.39 is 10.0 Å². The predicted molar refractivity (Wildman–Crippen MR) is 107 cm³/mol. The van der Waals surface area contributed by atoms with Gasteiger partial charge in [0.15, 0.2) is 0 Å². The maximum Gasteiger partial charge on any atom is 0.251 e. The van der Waals surface area contributed by atoms with Gasteiger partial charge in [-0.2, -0.15) is 0 Å². The largest absolute Gasteiger partial charge is 0.468 e. The number of furan rings is 1. The van der Waals surface area contributed by atoms with Crippen LogP contribution in [0.1, 0.15) is 21.7 Å². The Morgan fingerprint density at radius 3 is 2.50 bits per heavy atom. The number of halogens is 1. The molecule has 0 radical (unpaired) electrons. The van der Waals surface area contributed by atoms with Crippen LogP contribution in [0.5, 0.6) is 0 Å². The zero-order valence-electron chi connectivity index (χ0n) is 14.9. The van der Waals surface area contributed by atoms with E-state index in [4.69, 9.17) is 16.0 Å². The van der Waals surface area contributed by atoms with E-state index in [1.807, 2.05) is 18.2 Å². The second-order valence-corrected chi connectivity index (χ2v) is 8.27. The fourth-order valence-corrected chi connectivity index (χ4v) is 3.77. The average molecular weight is 419 g/mol. The number of rotatable bonds is 8. The van der Waals surface area contributed by atoms with Crippen molar-refractivity contribution in [1.82, 2.24) is 10.0 Å². The summed E-state index contributed by atoms with van der Waals surface area (Å²) in [5.74, 6) is 0.244. The number of carbonyl (C=O) groups is 1. The first kappa shape index (κ1) is 20.1. The molecule has 0 unspecified atom stereocenters. The molecule has 1 heterocycles. The molecule has 2 N–H and O–H groups in total. The second-order valence-electron chi connectivity index (χ2n) is 6.06. The molecule has 6 nitrogen and oxygen atoms in total. The van der Waals surface area contributed by atoms with Crippen LogP contribution in [0.4, 0.5) is 0 Å². The molecule has 0 aliphatic rings. The van der Waals surface area contributed by atoms with Crippen molar-refractivity contribution in [3.63, 3.8) is 0 Å². The van der Waals surface area contributed by atoms with Gasteiger partial charge in [0.2, 0.25) is 10.0 Å². The van der Waals surface area contributed by atoms with E-state index >= 15 is 0 Å². The summed E-state index contributed by atoms with van der Waals surface area (Å²) >= 11 is 5.94. The summed E-state index contributed by atoms with van der Waals surface area (Å²) in [5, 5.41) is 3.46. The Kier molecular flexibility index (Phi) is 6.51. The number of benzene rings is 2. The predicted octanol–water partition coefficient (Wildman–Crippen LogP) is 3.38. The van der Waals surface area contributed by atoms with Crippen LogP contribution in [-0.4, -0.2) is 20.9 Å². The normalized spacial score (nSPS) is 11.3. The van der Waals surface area contributed by atoms with Gasteiger partial charge in [-0.05, 0) is 60.5 Å². The molecular weight excluding hydrogens is 400 g/mol. The molecule has 2 aromatic carbocycles. The van der Waals surface area contributed by atoms with Gasteiger partial charge in [-0.25, -0.2) is 13.1 Å². The fraction of sp³-hybridized carbons (Fsp3) is 0.150. The molecule has 0 aliphatic carbocycles. The van der Waals surface area contributed by atoms with Crippen molar-refractivity contribution in [3.05, 3.63) is 88.8 Å². The molecule has 0 fully saturated rings. The standard InChI is InChI=1S/C20H19ClN2O4S/c21-17-4-1-3-15(13-17)10-11-22-20(24)16-6-8-19(9-7-16)28(25,26)23-14-18-5-2-12-27-18/h1-9,12-13,23H,10-11,14H2,(H,22,24). The Morgan fingerprint density at radius 1 is 1.04 bits per heavy atom. The van der Waals surface area contributed by atoms with E-state index in [1.54, 1.807) is 18.2 Å². The van der Waals surface area contributed by atoms with Crippen molar-refractivity contribution in [2.75, 3.05) is 6.54 Å². The van der Waals surface area contributed by atoms with E-state index in [0.29, 0.717) is 29.3 Å². The first-order chi connectivity index (χ1) is 13.4. The first-order valence-electron chi connectivity index (χ1n) is 8.59. The van der Waals surface area contributed by atoms with E-state index in [1.165, 1.54) is 30.5 Å². The highest BCUT2D eigenvalue weighted by Crippen LogP contribution is 2.13. The highest BCUT2D eigenvalue weighted by atomic mass is 35.5. The lowest BCUT2D eigenvalue weighted by molar-refractivity contribution is 0.0954. The molecule has 3 aromatic rings. The van der Waals surface area contributed by atoms with E-state index in [2.05, 4.69) is 10.0 Å². The molecule has 0 atom stereocenters. The zero-order chi connectivity index (χ0) is 20.0. The number of sulfonamides is 1. The van der Waals surface area contributed by atoms with Gasteiger partial charge in [-0.3, -0.25) is 4.79 Å². The van der Waals surface area contributed by atoms with Crippen LogP contribution in [0.3, 0.4) is 0 Å². The van der Waals surface area contributed by atoms with Crippen LogP contribution in [0, 0.1) is 0 Å². The fourth-order valence-electron chi connectivity index (χ4n) is 2.56. The number of carbonyl (C=O) groups excluding carboxylic acids is 1. The van der Waals surface area contributed by atoms with Crippen molar-refractivity contribution in [1.29, 1.82) is 0 Å². The topological polar surface area (TPSA) is 88.4 Å². The number of nitrogens with one attached hydrogen (secondary N) is 2. The second kappa shape index (κ2) is 9.05. The molecule has 0 saturated heterocycles. The lowest BCUT2D eigenvalue weighted by Gasteiger charge is -2.08. The van der Waals surface area contributed by atoms with E-state index in [-0.39, 0.29) is 17.3 Å². The van der Waals surface area contributed by atoms with Crippen LogP contribution in [0.2, 0.25) is 5.02 Å². The summed E-state index contributed by atoms with van der Waals surface area (Å²) in [6.07, 6.45) is 2.12. The smallest absolute Gasteiger partial charge is 0.251 e. The first-order valence-corrected chi connectivity index (χ1v) is 10.4.